The fraction of sp³-hybridized carbons (Fsp3) is 0.440. The van der Waals surface area contributed by atoms with E-state index in [1.54, 1.807) is 25.7 Å². The van der Waals surface area contributed by atoms with Crippen LogP contribution in [0.5, 0.6) is 0 Å². The number of aromatic amines is 1. The molecule has 33 heavy (non-hydrogen) atoms. The van der Waals surface area contributed by atoms with Gasteiger partial charge in [-0.3, -0.25) is 14.4 Å². The third kappa shape index (κ3) is 5.50. The molecule has 1 aliphatic heterocycles. The number of rotatable bonds is 9. The van der Waals surface area contributed by atoms with Crippen molar-refractivity contribution in [3.05, 3.63) is 58.4 Å². The second kappa shape index (κ2) is 10.5. The minimum absolute atomic E-state index is 0.0716. The van der Waals surface area contributed by atoms with Crippen LogP contribution >= 0.6 is 0 Å². The Labute approximate surface area is 193 Å². The number of carbonyl (C=O) groups excluding carboxylic acids is 4. The van der Waals surface area contributed by atoms with Crippen molar-refractivity contribution in [3.63, 3.8) is 0 Å². The minimum Gasteiger partial charge on any atom is -0.462 e. The van der Waals surface area contributed by atoms with Crippen LogP contribution in [0.2, 0.25) is 0 Å². The molecule has 1 fully saturated rings. The number of nitrogens with one attached hydrogen (secondary N) is 1. The Hall–Kier alpha value is -3.42. The summed E-state index contributed by atoms with van der Waals surface area (Å²) in [6.45, 7) is 7.56. The van der Waals surface area contributed by atoms with Gasteiger partial charge in [-0.1, -0.05) is 30.3 Å². The van der Waals surface area contributed by atoms with Crippen molar-refractivity contribution in [2.24, 2.45) is 5.92 Å². The molecule has 0 unspecified atom stereocenters. The zero-order valence-corrected chi connectivity index (χ0v) is 19.5. The van der Waals surface area contributed by atoms with Gasteiger partial charge in [0.25, 0.3) is 0 Å². The zero-order chi connectivity index (χ0) is 24.1. The van der Waals surface area contributed by atoms with Crippen molar-refractivity contribution in [1.82, 2.24) is 9.88 Å². The fourth-order valence-corrected chi connectivity index (χ4v) is 4.09. The average Bonchev–Trinajstić information content (AvgIpc) is 3.31. The molecule has 0 aliphatic carbocycles. The first kappa shape index (κ1) is 24.2. The van der Waals surface area contributed by atoms with E-state index in [1.165, 1.54) is 6.92 Å². The predicted octanol–water partition coefficient (Wildman–Crippen LogP) is 3.01. The van der Waals surface area contributed by atoms with Crippen LogP contribution in [0.1, 0.15) is 57.9 Å². The second-order valence-corrected chi connectivity index (χ2v) is 8.27. The molecule has 1 aromatic heterocycles. The number of aryl methyl sites for hydroxylation is 1. The Morgan fingerprint density at radius 2 is 1.88 bits per heavy atom. The minimum atomic E-state index is -1.06. The molecule has 1 amide bonds. The first-order chi connectivity index (χ1) is 15.7. The summed E-state index contributed by atoms with van der Waals surface area (Å²) in [6, 6.07) is 9.83. The summed E-state index contributed by atoms with van der Waals surface area (Å²) in [4.78, 5) is 54.7. The van der Waals surface area contributed by atoms with E-state index in [2.05, 4.69) is 4.98 Å². The van der Waals surface area contributed by atoms with Crippen molar-refractivity contribution in [2.75, 3.05) is 19.7 Å². The number of hydrogen-bond donors (Lipinski definition) is 1. The highest BCUT2D eigenvalue weighted by molar-refractivity contribution is 6.04. The van der Waals surface area contributed by atoms with Gasteiger partial charge in [0, 0.05) is 25.2 Å². The summed E-state index contributed by atoms with van der Waals surface area (Å²) in [5.41, 5.74) is 2.62. The molecule has 1 aromatic carbocycles. The Bertz CT molecular complexity index is 1040. The first-order valence-electron chi connectivity index (χ1n) is 11.2. The van der Waals surface area contributed by atoms with E-state index in [9.17, 15) is 19.2 Å². The van der Waals surface area contributed by atoms with Gasteiger partial charge in [0.1, 0.15) is 0 Å². The molecule has 0 radical (unpaired) electrons. The van der Waals surface area contributed by atoms with Gasteiger partial charge >= 0.3 is 11.9 Å². The van der Waals surface area contributed by atoms with Crippen LogP contribution in [-0.2, 0) is 25.5 Å². The number of H-pyrrole nitrogens is 1. The number of esters is 2. The Morgan fingerprint density at radius 1 is 1.18 bits per heavy atom. The standard InChI is InChI=1S/C25H30N2O6/c1-5-32-25(31)21-15(2)22(26-16(21)3)23(29)17(4)33-24(30)19-13-20(28)27(14-19)12-11-18-9-7-6-8-10-18/h6-10,17,19,26H,5,11-14H2,1-4H3/t17-,19-/m0/s1. The maximum atomic E-state index is 12.9. The average molecular weight is 455 g/mol. The largest absolute Gasteiger partial charge is 0.462 e. The zero-order valence-electron chi connectivity index (χ0n) is 19.5. The van der Waals surface area contributed by atoms with Crippen molar-refractivity contribution >= 4 is 23.6 Å². The topological polar surface area (TPSA) is 106 Å². The van der Waals surface area contributed by atoms with E-state index < -0.39 is 29.7 Å². The number of Topliss-reactive ketones (excluding diaryl/α,β-unsaturated/α-hetero) is 1. The van der Waals surface area contributed by atoms with Crippen LogP contribution in [0.4, 0.5) is 0 Å². The van der Waals surface area contributed by atoms with E-state index in [4.69, 9.17) is 9.47 Å². The molecule has 2 aromatic rings. The molecule has 1 N–H and O–H groups in total. The summed E-state index contributed by atoms with van der Waals surface area (Å²) in [5, 5.41) is 0. The lowest BCUT2D eigenvalue weighted by atomic mass is 10.1. The molecular weight excluding hydrogens is 424 g/mol. The number of ether oxygens (including phenoxy) is 2. The van der Waals surface area contributed by atoms with Gasteiger partial charge in [-0.25, -0.2) is 4.79 Å². The van der Waals surface area contributed by atoms with E-state index in [0.717, 1.165) is 5.56 Å². The third-order valence-corrected chi connectivity index (χ3v) is 5.89. The molecule has 0 saturated carbocycles. The molecule has 0 bridgehead atoms. The van der Waals surface area contributed by atoms with Gasteiger partial charge in [-0.2, -0.15) is 0 Å². The van der Waals surface area contributed by atoms with Crippen LogP contribution in [0.3, 0.4) is 0 Å². The quantitative estimate of drug-likeness (QED) is 0.461. The van der Waals surface area contributed by atoms with E-state index in [-0.39, 0.29) is 31.2 Å². The Kier molecular flexibility index (Phi) is 7.68. The molecule has 176 valence electrons. The van der Waals surface area contributed by atoms with Gasteiger partial charge in [0.05, 0.1) is 23.8 Å². The maximum absolute atomic E-state index is 12.9. The van der Waals surface area contributed by atoms with Crippen LogP contribution in [0, 0.1) is 19.8 Å². The predicted molar refractivity (Wildman–Crippen MR) is 121 cm³/mol. The van der Waals surface area contributed by atoms with Crippen molar-refractivity contribution < 1.29 is 28.7 Å². The number of benzene rings is 1. The van der Waals surface area contributed by atoms with Crippen molar-refractivity contribution in [1.29, 1.82) is 0 Å². The summed E-state index contributed by atoms with van der Waals surface area (Å²) in [7, 11) is 0. The molecule has 8 heteroatoms. The maximum Gasteiger partial charge on any atom is 0.340 e. The SMILES string of the molecule is CCOC(=O)c1c(C)[nH]c(C(=O)[C@H](C)OC(=O)[C@H]2CC(=O)N(CCc3ccccc3)C2)c1C. The number of ketones is 1. The molecular formula is C25H30N2O6. The lowest BCUT2D eigenvalue weighted by Gasteiger charge is -2.17. The number of aromatic nitrogens is 1. The van der Waals surface area contributed by atoms with Crippen molar-refractivity contribution in [2.45, 2.75) is 46.6 Å². The fourth-order valence-electron chi connectivity index (χ4n) is 4.09. The van der Waals surface area contributed by atoms with Crippen LogP contribution < -0.4 is 0 Å². The highest BCUT2D eigenvalue weighted by Gasteiger charge is 2.37. The number of nitrogens with zero attached hydrogens (tertiary/aromatic N) is 1. The van der Waals surface area contributed by atoms with Crippen LogP contribution in [0.15, 0.2) is 30.3 Å². The molecule has 1 saturated heterocycles. The molecule has 8 nitrogen and oxygen atoms in total. The van der Waals surface area contributed by atoms with E-state index in [0.29, 0.717) is 29.8 Å². The molecule has 1 aliphatic rings. The van der Waals surface area contributed by atoms with Gasteiger partial charge in [0.15, 0.2) is 6.10 Å². The molecule has 2 atom stereocenters. The molecule has 0 spiro atoms. The number of carbonyl (C=O) groups is 4. The summed E-state index contributed by atoms with van der Waals surface area (Å²) >= 11 is 0. The highest BCUT2D eigenvalue weighted by Crippen LogP contribution is 2.23. The number of amides is 1. The van der Waals surface area contributed by atoms with E-state index >= 15 is 0 Å². The second-order valence-electron chi connectivity index (χ2n) is 8.27. The summed E-state index contributed by atoms with van der Waals surface area (Å²) in [5.74, 6) is -2.22. The van der Waals surface area contributed by atoms with Crippen LogP contribution in [-0.4, -0.2) is 59.3 Å². The monoisotopic (exact) mass is 454 g/mol. The highest BCUT2D eigenvalue weighted by atomic mass is 16.5. The molecule has 2 heterocycles. The van der Waals surface area contributed by atoms with Gasteiger partial charge in [0.2, 0.25) is 11.7 Å². The Balaban J connectivity index is 1.59. The van der Waals surface area contributed by atoms with E-state index in [1.807, 2.05) is 30.3 Å². The van der Waals surface area contributed by atoms with Gasteiger partial charge < -0.3 is 19.4 Å². The molecule has 3 rings (SSSR count). The lowest BCUT2D eigenvalue weighted by Crippen LogP contribution is -2.31. The van der Waals surface area contributed by atoms with Crippen molar-refractivity contribution in [3.8, 4) is 0 Å². The first-order valence-corrected chi connectivity index (χ1v) is 11.2. The normalized spacial score (nSPS) is 16.5. The summed E-state index contributed by atoms with van der Waals surface area (Å²) < 4.78 is 10.5. The third-order valence-electron chi connectivity index (χ3n) is 5.89. The number of hydrogen-bond acceptors (Lipinski definition) is 6. The van der Waals surface area contributed by atoms with Gasteiger partial charge in [-0.15, -0.1) is 0 Å². The lowest BCUT2D eigenvalue weighted by molar-refractivity contribution is -0.151. The van der Waals surface area contributed by atoms with Gasteiger partial charge in [-0.05, 0) is 45.2 Å². The smallest absolute Gasteiger partial charge is 0.340 e. The number of likely N-dealkylation sites (tertiary alicyclic amines) is 1. The Morgan fingerprint density at radius 3 is 2.55 bits per heavy atom. The van der Waals surface area contributed by atoms with Crippen LogP contribution in [0.25, 0.3) is 0 Å². The summed E-state index contributed by atoms with van der Waals surface area (Å²) in [6.07, 6.45) is -0.280.